The molecule has 0 radical (unpaired) electrons. The third-order valence-corrected chi connectivity index (χ3v) is 7.08. The molecule has 2 atom stereocenters. The van der Waals surface area contributed by atoms with E-state index in [0.717, 1.165) is 50.4 Å². The van der Waals surface area contributed by atoms with Crippen molar-refractivity contribution in [3.63, 3.8) is 0 Å². The van der Waals surface area contributed by atoms with E-state index in [4.69, 9.17) is 18.9 Å². The molecule has 0 aromatic heterocycles. The van der Waals surface area contributed by atoms with Gasteiger partial charge in [0.2, 0.25) is 0 Å². The lowest BCUT2D eigenvalue weighted by Gasteiger charge is -2.30. The molecule has 4 rings (SSSR count). The molecule has 0 spiro atoms. The molecule has 0 bridgehead atoms. The van der Waals surface area contributed by atoms with Gasteiger partial charge in [-0.1, -0.05) is 65.8 Å². The summed E-state index contributed by atoms with van der Waals surface area (Å²) in [4.78, 5) is 0. The van der Waals surface area contributed by atoms with Crippen molar-refractivity contribution in [1.29, 1.82) is 0 Å². The molecule has 180 valence electrons. The average Bonchev–Trinajstić information content (AvgIpc) is 3.75. The summed E-state index contributed by atoms with van der Waals surface area (Å²) in [5.41, 5.74) is 7.70. The summed E-state index contributed by atoms with van der Waals surface area (Å²) in [6, 6.07) is 9.42. The van der Waals surface area contributed by atoms with Crippen LogP contribution in [0.25, 0.3) is 0 Å². The van der Waals surface area contributed by atoms with E-state index in [-0.39, 0.29) is 17.6 Å². The summed E-state index contributed by atoms with van der Waals surface area (Å²) in [6.07, 6.45) is 4.34. The highest BCUT2D eigenvalue weighted by atomic mass is 16.6. The first-order valence-electron chi connectivity index (χ1n) is 12.7. The predicted octanol–water partition coefficient (Wildman–Crippen LogP) is 5.82. The van der Waals surface area contributed by atoms with Gasteiger partial charge >= 0.3 is 0 Å². The number of epoxide rings is 2. The Labute approximate surface area is 199 Å². The van der Waals surface area contributed by atoms with E-state index >= 15 is 0 Å². The average molecular weight is 453 g/mol. The molecule has 33 heavy (non-hydrogen) atoms. The van der Waals surface area contributed by atoms with Crippen LogP contribution in [0.5, 0.6) is 11.5 Å². The van der Waals surface area contributed by atoms with Crippen LogP contribution in [0.4, 0.5) is 0 Å². The summed E-state index contributed by atoms with van der Waals surface area (Å²) in [7, 11) is 0. The van der Waals surface area contributed by atoms with Gasteiger partial charge in [0.25, 0.3) is 0 Å². The molecular formula is C29H40O4. The fraction of sp³-hybridized carbons (Fsp3) is 0.586. The molecule has 2 fully saturated rings. The first-order valence-corrected chi connectivity index (χ1v) is 12.7. The van der Waals surface area contributed by atoms with Crippen LogP contribution in [-0.2, 0) is 40.6 Å². The van der Waals surface area contributed by atoms with Crippen molar-refractivity contribution in [3.05, 3.63) is 57.6 Å². The molecule has 2 aliphatic heterocycles. The minimum atomic E-state index is -0.127. The predicted molar refractivity (Wildman–Crippen MR) is 133 cm³/mol. The van der Waals surface area contributed by atoms with Gasteiger partial charge in [-0.3, -0.25) is 0 Å². The molecule has 0 N–H and O–H groups in total. The van der Waals surface area contributed by atoms with Crippen molar-refractivity contribution < 1.29 is 18.9 Å². The van der Waals surface area contributed by atoms with Gasteiger partial charge in [0.15, 0.2) is 0 Å². The molecule has 2 aliphatic rings. The Morgan fingerprint density at radius 2 is 0.970 bits per heavy atom. The van der Waals surface area contributed by atoms with Gasteiger partial charge in [-0.25, -0.2) is 0 Å². The largest absolute Gasteiger partial charge is 0.490 e. The summed E-state index contributed by atoms with van der Waals surface area (Å²) in [5, 5.41) is 0. The minimum absolute atomic E-state index is 0.127. The fourth-order valence-electron chi connectivity index (χ4n) is 4.50. The van der Waals surface area contributed by atoms with Crippen molar-refractivity contribution >= 4 is 0 Å². The molecule has 2 aromatic rings. The van der Waals surface area contributed by atoms with Gasteiger partial charge < -0.3 is 18.9 Å². The van der Waals surface area contributed by atoms with Gasteiger partial charge in [0, 0.05) is 5.41 Å². The Balaban J connectivity index is 1.70. The Morgan fingerprint density at radius 3 is 1.21 bits per heavy atom. The monoisotopic (exact) mass is 452 g/mol. The van der Waals surface area contributed by atoms with E-state index < -0.39 is 0 Å². The van der Waals surface area contributed by atoms with Crippen molar-refractivity contribution in [2.24, 2.45) is 0 Å². The zero-order chi connectivity index (χ0) is 23.6. The molecule has 2 saturated heterocycles. The Bertz CT molecular complexity index is 842. The van der Waals surface area contributed by atoms with Gasteiger partial charge in [-0.2, -0.15) is 0 Å². The van der Waals surface area contributed by atoms with Crippen LogP contribution in [0.1, 0.15) is 74.9 Å². The molecule has 4 heteroatoms. The summed E-state index contributed by atoms with van der Waals surface area (Å²) in [6.45, 7) is 16.5. The van der Waals surface area contributed by atoms with Crippen LogP contribution >= 0.6 is 0 Å². The highest BCUT2D eigenvalue weighted by molar-refractivity contribution is 5.53. The summed E-state index contributed by atoms with van der Waals surface area (Å²) >= 11 is 0. The van der Waals surface area contributed by atoms with E-state index in [2.05, 4.69) is 65.8 Å². The lowest BCUT2D eigenvalue weighted by molar-refractivity contribution is 0.259. The molecule has 0 saturated carbocycles. The van der Waals surface area contributed by atoms with Crippen molar-refractivity contribution in [2.75, 3.05) is 26.4 Å². The molecule has 4 nitrogen and oxygen atoms in total. The third kappa shape index (κ3) is 5.38. The molecule has 2 heterocycles. The van der Waals surface area contributed by atoms with E-state index in [1.807, 2.05) is 0 Å². The number of rotatable bonds is 12. The second-order valence-corrected chi connectivity index (χ2v) is 9.82. The van der Waals surface area contributed by atoms with Crippen molar-refractivity contribution in [1.82, 2.24) is 0 Å². The molecule has 2 unspecified atom stereocenters. The first kappa shape index (κ1) is 24.1. The van der Waals surface area contributed by atoms with Crippen LogP contribution < -0.4 is 9.47 Å². The van der Waals surface area contributed by atoms with Crippen molar-refractivity contribution in [2.45, 2.75) is 84.8 Å². The van der Waals surface area contributed by atoms with Crippen molar-refractivity contribution in [3.8, 4) is 11.5 Å². The molecule has 0 amide bonds. The Kier molecular flexibility index (Phi) is 7.35. The van der Waals surface area contributed by atoms with Crippen LogP contribution in [0, 0.1) is 0 Å². The van der Waals surface area contributed by atoms with Gasteiger partial charge in [0.1, 0.15) is 36.9 Å². The number of hydrogen-bond acceptors (Lipinski definition) is 4. The Hall–Kier alpha value is -2.04. The summed E-state index contributed by atoms with van der Waals surface area (Å²) in [5.74, 6) is 2.12. The maximum absolute atomic E-state index is 6.24. The van der Waals surface area contributed by atoms with Gasteiger partial charge in [-0.15, -0.1) is 0 Å². The normalized spacial score (nSPS) is 19.5. The van der Waals surface area contributed by atoms with E-state index in [1.165, 1.54) is 33.4 Å². The third-order valence-electron chi connectivity index (χ3n) is 7.08. The maximum Gasteiger partial charge on any atom is 0.125 e. The maximum atomic E-state index is 6.24. The summed E-state index contributed by atoms with van der Waals surface area (Å²) < 4.78 is 23.2. The number of aryl methyl sites for hydroxylation is 4. The standard InChI is InChI=1S/C29H40O4/c1-7-19-11-23(12-20(8-2)27(19)32-17-25-15-30-25)29(5,6)24-13-21(9-3)28(22(10-4)14-24)33-18-26-16-31-26/h11-14,25-26H,7-10,15-18H2,1-6H3. The number of ether oxygens (including phenoxy) is 4. The van der Waals surface area contributed by atoms with Crippen LogP contribution in [0.15, 0.2) is 24.3 Å². The fourth-order valence-corrected chi connectivity index (χ4v) is 4.50. The first-order chi connectivity index (χ1) is 15.9. The SMILES string of the molecule is CCc1cc(C(C)(C)c2cc(CC)c(OCC3CO3)c(CC)c2)cc(CC)c1OCC1CO1. The quantitative estimate of drug-likeness (QED) is 0.381. The topological polar surface area (TPSA) is 43.5 Å². The molecule has 0 aliphatic carbocycles. The van der Waals surface area contributed by atoms with E-state index in [9.17, 15) is 0 Å². The number of benzene rings is 2. The van der Waals surface area contributed by atoms with Crippen LogP contribution in [0.3, 0.4) is 0 Å². The lowest BCUT2D eigenvalue weighted by Crippen LogP contribution is -2.21. The zero-order valence-corrected chi connectivity index (χ0v) is 21.3. The van der Waals surface area contributed by atoms with E-state index in [1.54, 1.807) is 0 Å². The second-order valence-electron chi connectivity index (χ2n) is 9.82. The highest BCUT2D eigenvalue weighted by Gasteiger charge is 2.29. The lowest BCUT2D eigenvalue weighted by atomic mass is 9.75. The second kappa shape index (κ2) is 10.1. The van der Waals surface area contributed by atoms with Crippen LogP contribution in [0.2, 0.25) is 0 Å². The smallest absolute Gasteiger partial charge is 0.125 e. The van der Waals surface area contributed by atoms with Crippen LogP contribution in [-0.4, -0.2) is 38.6 Å². The highest BCUT2D eigenvalue weighted by Crippen LogP contribution is 2.40. The minimum Gasteiger partial charge on any atom is -0.490 e. The Morgan fingerprint density at radius 1 is 0.667 bits per heavy atom. The van der Waals surface area contributed by atoms with Gasteiger partial charge in [-0.05, 0) is 59.1 Å². The zero-order valence-electron chi connectivity index (χ0n) is 21.3. The molecule has 2 aromatic carbocycles. The molecular weight excluding hydrogens is 412 g/mol. The van der Waals surface area contributed by atoms with Gasteiger partial charge in [0.05, 0.1) is 13.2 Å². The van der Waals surface area contributed by atoms with E-state index in [0.29, 0.717) is 13.2 Å². The number of hydrogen-bond donors (Lipinski definition) is 0.